The van der Waals surface area contributed by atoms with E-state index in [0.717, 1.165) is 0 Å². The molecule has 0 amide bonds. The first-order chi connectivity index (χ1) is 12.2. The van der Waals surface area contributed by atoms with Gasteiger partial charge in [0, 0.05) is 0 Å². The lowest BCUT2D eigenvalue weighted by Gasteiger charge is -2.58. The van der Waals surface area contributed by atoms with Gasteiger partial charge in [-0.25, -0.2) is 0 Å². The van der Waals surface area contributed by atoms with E-state index in [1.165, 1.54) is 0 Å². The van der Waals surface area contributed by atoms with Gasteiger partial charge in [0.1, 0.15) is 22.9 Å². The van der Waals surface area contributed by atoms with Crippen LogP contribution in [0.3, 0.4) is 0 Å². The molecule has 1 fully saturated rings. The highest BCUT2D eigenvalue weighted by molar-refractivity contribution is 5.74. The van der Waals surface area contributed by atoms with Gasteiger partial charge in [0.15, 0.2) is 0 Å². The lowest BCUT2D eigenvalue weighted by Crippen LogP contribution is -2.79. The third-order valence-corrected chi connectivity index (χ3v) is 4.46. The van der Waals surface area contributed by atoms with E-state index in [1.807, 2.05) is 0 Å². The zero-order chi connectivity index (χ0) is 21.2. The van der Waals surface area contributed by atoms with Crippen molar-refractivity contribution in [2.24, 2.45) is 0 Å². The van der Waals surface area contributed by atoms with E-state index >= 15 is 0 Å². The van der Waals surface area contributed by atoms with E-state index in [2.05, 4.69) is 0 Å². The van der Waals surface area contributed by atoms with Crippen molar-refractivity contribution < 1.29 is 64.8 Å². The highest BCUT2D eigenvalue weighted by Gasteiger charge is 2.71. The van der Waals surface area contributed by atoms with Crippen LogP contribution in [0.4, 0.5) is 0 Å². The Bertz CT molecular complexity index is 633. The Morgan fingerprint density at radius 1 is 0.852 bits per heavy atom. The molecule has 1 aliphatic heterocycles. The summed E-state index contributed by atoms with van der Waals surface area (Å²) in [5.41, 5.74) is -9.51. The van der Waals surface area contributed by atoms with E-state index in [-0.39, 0.29) is 0 Å². The quantitative estimate of drug-likeness (QED) is 0.192. The highest BCUT2D eigenvalue weighted by atomic mass is 16.5. The summed E-state index contributed by atoms with van der Waals surface area (Å²) in [6.07, 6.45) is -9.67. The van der Waals surface area contributed by atoms with Crippen molar-refractivity contribution in [3.8, 4) is 0 Å². The molecule has 8 N–H and O–H groups in total. The molecule has 1 rings (SSSR count). The van der Waals surface area contributed by atoms with Crippen LogP contribution < -0.4 is 0 Å². The SMILES string of the molecule is O=C(O)CC(O)[C@H]1OC[C@@](O)(CC(=O)O)[C@](O)(CC(=O)O)[C@@]1(O)CC(=O)O. The fourth-order valence-corrected chi connectivity index (χ4v) is 3.30. The van der Waals surface area contributed by atoms with Gasteiger partial charge in [0.2, 0.25) is 0 Å². The molecule has 1 aliphatic rings. The summed E-state index contributed by atoms with van der Waals surface area (Å²) < 4.78 is 4.96. The molecule has 1 saturated heterocycles. The fourth-order valence-electron chi connectivity index (χ4n) is 3.30. The average molecular weight is 396 g/mol. The first-order valence-corrected chi connectivity index (χ1v) is 7.52. The number of ether oxygens (including phenoxy) is 1. The molecule has 0 bridgehead atoms. The third kappa shape index (κ3) is 4.33. The maximum absolute atomic E-state index is 11.2. The molecule has 0 aromatic rings. The van der Waals surface area contributed by atoms with Crippen LogP contribution >= 0.6 is 0 Å². The average Bonchev–Trinajstić information content (AvgIpc) is 2.42. The van der Waals surface area contributed by atoms with E-state index < -0.39 is 85.2 Å². The second-order valence-electron chi connectivity index (χ2n) is 6.42. The maximum Gasteiger partial charge on any atom is 0.306 e. The summed E-state index contributed by atoms with van der Waals surface area (Å²) in [6.45, 7) is -1.12. The minimum absolute atomic E-state index is 1.08. The molecule has 0 aliphatic carbocycles. The fraction of sp³-hybridized carbons (Fsp3) is 0.714. The standard InChI is InChI=1S/C14H20O13/c15-6(1-7(16)17)11-13(25,3-9(20)21)14(26,4-10(22)23)12(24,5-27-11)2-8(18)19/h6,11,15,24-26H,1-5H2,(H,16,17)(H,18,19)(H,20,21)(H,22,23)/t6?,11-,12+,13-,14-/m1/s1. The minimum Gasteiger partial charge on any atom is -0.481 e. The molecule has 0 radical (unpaired) electrons. The lowest BCUT2D eigenvalue weighted by atomic mass is 9.61. The third-order valence-electron chi connectivity index (χ3n) is 4.46. The molecule has 0 aromatic heterocycles. The number of hydrogen-bond donors (Lipinski definition) is 8. The number of carbonyl (C=O) groups is 4. The molecule has 13 nitrogen and oxygen atoms in total. The smallest absolute Gasteiger partial charge is 0.306 e. The zero-order valence-electron chi connectivity index (χ0n) is 13.8. The largest absolute Gasteiger partial charge is 0.481 e. The Kier molecular flexibility index (Phi) is 6.51. The summed E-state index contributed by atoms with van der Waals surface area (Å²) in [4.78, 5) is 44.2. The molecule has 0 saturated carbocycles. The predicted octanol–water partition coefficient (Wildman–Crippen LogP) is -3.16. The summed E-state index contributed by atoms with van der Waals surface area (Å²) in [6, 6.07) is 0. The van der Waals surface area contributed by atoms with Gasteiger partial charge in [0.05, 0.1) is 38.4 Å². The van der Waals surface area contributed by atoms with E-state index in [9.17, 15) is 39.6 Å². The van der Waals surface area contributed by atoms with Crippen LogP contribution in [0.5, 0.6) is 0 Å². The van der Waals surface area contributed by atoms with Gasteiger partial charge in [0.25, 0.3) is 0 Å². The molecule has 0 aromatic carbocycles. The van der Waals surface area contributed by atoms with Crippen LogP contribution in [0.1, 0.15) is 25.7 Å². The number of aliphatic carboxylic acids is 4. The summed E-state index contributed by atoms with van der Waals surface area (Å²) >= 11 is 0. The van der Waals surface area contributed by atoms with Crippen molar-refractivity contribution in [3.63, 3.8) is 0 Å². The van der Waals surface area contributed by atoms with Crippen molar-refractivity contribution in [2.45, 2.75) is 54.7 Å². The molecule has 154 valence electrons. The molecule has 5 atom stereocenters. The molecule has 1 unspecified atom stereocenters. The van der Waals surface area contributed by atoms with Gasteiger partial charge in [-0.15, -0.1) is 0 Å². The van der Waals surface area contributed by atoms with Crippen LogP contribution in [-0.4, -0.2) is 100 Å². The number of rotatable bonds is 9. The highest BCUT2D eigenvalue weighted by Crippen LogP contribution is 2.48. The molecular formula is C14H20O13. The molecular weight excluding hydrogens is 376 g/mol. The summed E-state index contributed by atoms with van der Waals surface area (Å²) in [7, 11) is 0. The van der Waals surface area contributed by atoms with Crippen LogP contribution in [0, 0.1) is 0 Å². The Labute approximate surface area is 151 Å². The van der Waals surface area contributed by atoms with Gasteiger partial charge in [-0.3, -0.25) is 19.2 Å². The Morgan fingerprint density at radius 3 is 1.74 bits per heavy atom. The topological polar surface area (TPSA) is 239 Å². The van der Waals surface area contributed by atoms with Gasteiger partial charge in [-0.05, 0) is 0 Å². The monoisotopic (exact) mass is 396 g/mol. The van der Waals surface area contributed by atoms with Gasteiger partial charge in [-0.2, -0.15) is 0 Å². The molecule has 0 spiro atoms. The van der Waals surface area contributed by atoms with E-state index in [1.54, 1.807) is 0 Å². The number of aliphatic hydroxyl groups is 4. The van der Waals surface area contributed by atoms with Crippen molar-refractivity contribution in [1.82, 2.24) is 0 Å². The van der Waals surface area contributed by atoms with Gasteiger partial charge >= 0.3 is 23.9 Å². The first kappa shape index (κ1) is 22.7. The number of aliphatic hydroxyl groups excluding tert-OH is 1. The van der Waals surface area contributed by atoms with Crippen molar-refractivity contribution in [1.29, 1.82) is 0 Å². The van der Waals surface area contributed by atoms with Gasteiger partial charge < -0.3 is 45.6 Å². The van der Waals surface area contributed by atoms with Crippen molar-refractivity contribution in [2.75, 3.05) is 6.61 Å². The lowest BCUT2D eigenvalue weighted by molar-refractivity contribution is -0.343. The Hall–Kier alpha value is -2.32. The summed E-state index contributed by atoms with van der Waals surface area (Å²) in [5.74, 6) is -6.97. The van der Waals surface area contributed by atoms with Gasteiger partial charge in [-0.1, -0.05) is 0 Å². The zero-order valence-corrected chi connectivity index (χ0v) is 13.8. The second kappa shape index (κ2) is 7.74. The van der Waals surface area contributed by atoms with Crippen molar-refractivity contribution >= 4 is 23.9 Å². The molecule has 27 heavy (non-hydrogen) atoms. The maximum atomic E-state index is 11.2. The molecule has 1 heterocycles. The van der Waals surface area contributed by atoms with E-state index in [0.29, 0.717) is 0 Å². The Morgan fingerprint density at radius 2 is 1.33 bits per heavy atom. The summed E-state index contributed by atoms with van der Waals surface area (Å²) in [5, 5.41) is 78.2. The van der Waals surface area contributed by atoms with Crippen LogP contribution in [0.15, 0.2) is 0 Å². The van der Waals surface area contributed by atoms with Crippen LogP contribution in [0.25, 0.3) is 0 Å². The van der Waals surface area contributed by atoms with Crippen LogP contribution in [-0.2, 0) is 23.9 Å². The second-order valence-corrected chi connectivity index (χ2v) is 6.42. The first-order valence-electron chi connectivity index (χ1n) is 7.52. The minimum atomic E-state index is -3.31. The predicted molar refractivity (Wildman–Crippen MR) is 79.6 cm³/mol. The normalized spacial score (nSPS) is 34.6. The number of hydrogen-bond acceptors (Lipinski definition) is 9. The van der Waals surface area contributed by atoms with Crippen molar-refractivity contribution in [3.05, 3.63) is 0 Å². The number of carboxylic acid groups (broad SMARTS) is 4. The van der Waals surface area contributed by atoms with Crippen LogP contribution in [0.2, 0.25) is 0 Å². The van der Waals surface area contributed by atoms with E-state index in [4.69, 9.17) is 25.2 Å². The molecule has 13 heteroatoms. The Balaban J connectivity index is 3.59. The number of carboxylic acids is 4.